The van der Waals surface area contributed by atoms with Crippen molar-refractivity contribution in [2.75, 3.05) is 19.6 Å². The smallest absolute Gasteiger partial charge is 0.243 e. The summed E-state index contributed by atoms with van der Waals surface area (Å²) in [4.78, 5) is 12.4. The van der Waals surface area contributed by atoms with Crippen LogP contribution in [0.1, 0.15) is 37.6 Å². The van der Waals surface area contributed by atoms with E-state index < -0.39 is 10.0 Å². The summed E-state index contributed by atoms with van der Waals surface area (Å²) in [6.45, 7) is 4.41. The number of H-pyrrole nitrogens is 1. The fourth-order valence-corrected chi connectivity index (χ4v) is 5.23. The van der Waals surface area contributed by atoms with Crippen molar-refractivity contribution in [3.05, 3.63) is 40.4 Å². The van der Waals surface area contributed by atoms with E-state index >= 15 is 0 Å². The molecule has 0 radical (unpaired) electrons. The predicted molar refractivity (Wildman–Crippen MR) is 113 cm³/mol. The molecule has 0 aliphatic carbocycles. The van der Waals surface area contributed by atoms with Gasteiger partial charge in [-0.1, -0.05) is 12.1 Å². The topological polar surface area (TPSA) is 100 Å². The molecular formula is C19H27N5O3S2. The number of hydrogen-bond donors (Lipinski definition) is 2. The van der Waals surface area contributed by atoms with E-state index in [1.807, 2.05) is 11.5 Å². The summed E-state index contributed by atoms with van der Waals surface area (Å²) in [6, 6.07) is 6.84. The quantitative estimate of drug-likeness (QED) is 0.585. The minimum Gasteiger partial charge on any atom is -0.356 e. The molecule has 1 aromatic heterocycles. The van der Waals surface area contributed by atoms with Gasteiger partial charge in [-0.15, -0.1) is 0 Å². The van der Waals surface area contributed by atoms with Crippen LogP contribution in [0.4, 0.5) is 0 Å². The summed E-state index contributed by atoms with van der Waals surface area (Å²) < 4.78 is 29.1. The zero-order chi connectivity index (χ0) is 20.9. The predicted octanol–water partition coefficient (Wildman–Crippen LogP) is 2.04. The Balaban J connectivity index is 1.46. The number of nitrogens with one attached hydrogen (secondary N) is 2. The first-order chi connectivity index (χ1) is 13.9. The third-order valence-electron chi connectivity index (χ3n) is 5.09. The second-order valence-electron chi connectivity index (χ2n) is 7.04. The van der Waals surface area contributed by atoms with Crippen LogP contribution in [0.15, 0.2) is 29.2 Å². The fourth-order valence-electron chi connectivity index (χ4n) is 3.43. The van der Waals surface area contributed by atoms with Crippen LogP contribution < -0.4 is 5.32 Å². The Bertz CT molecular complexity index is 990. The van der Waals surface area contributed by atoms with Gasteiger partial charge in [0.25, 0.3) is 0 Å². The van der Waals surface area contributed by atoms with Crippen molar-refractivity contribution in [2.24, 2.45) is 0 Å². The molecule has 1 aromatic carbocycles. The molecule has 3 rings (SSSR count). The van der Waals surface area contributed by atoms with Crippen molar-refractivity contribution in [3.63, 3.8) is 0 Å². The molecule has 158 valence electrons. The van der Waals surface area contributed by atoms with Crippen LogP contribution in [0.25, 0.3) is 0 Å². The Kier molecular flexibility index (Phi) is 7.20. The molecular weight excluding hydrogens is 410 g/mol. The van der Waals surface area contributed by atoms with Gasteiger partial charge in [-0.3, -0.25) is 9.89 Å². The zero-order valence-electron chi connectivity index (χ0n) is 16.6. The van der Waals surface area contributed by atoms with Crippen LogP contribution in [-0.2, 0) is 34.2 Å². The number of aromatic amines is 1. The molecule has 0 bridgehead atoms. The number of benzene rings is 1. The van der Waals surface area contributed by atoms with Gasteiger partial charge in [-0.2, -0.15) is 9.40 Å². The normalized spacial score (nSPS) is 14.9. The minimum absolute atomic E-state index is 0.0454. The van der Waals surface area contributed by atoms with E-state index in [9.17, 15) is 13.2 Å². The Morgan fingerprint density at radius 3 is 2.55 bits per heavy atom. The second kappa shape index (κ2) is 9.64. The molecule has 1 aliphatic heterocycles. The molecule has 0 saturated carbocycles. The Morgan fingerprint density at radius 2 is 1.90 bits per heavy atom. The van der Waals surface area contributed by atoms with Gasteiger partial charge in [0.05, 0.1) is 4.90 Å². The van der Waals surface area contributed by atoms with Crippen LogP contribution in [0, 0.1) is 4.77 Å². The summed E-state index contributed by atoms with van der Waals surface area (Å²) in [7, 11) is -3.39. The molecule has 1 fully saturated rings. The van der Waals surface area contributed by atoms with E-state index in [2.05, 4.69) is 15.5 Å². The highest BCUT2D eigenvalue weighted by atomic mass is 32.2. The lowest BCUT2D eigenvalue weighted by Crippen LogP contribution is -2.27. The summed E-state index contributed by atoms with van der Waals surface area (Å²) in [5.41, 5.74) is 0.937. The molecule has 2 N–H and O–H groups in total. The lowest BCUT2D eigenvalue weighted by Gasteiger charge is -2.15. The van der Waals surface area contributed by atoms with Crippen LogP contribution in [0.3, 0.4) is 0 Å². The molecule has 2 aromatic rings. The van der Waals surface area contributed by atoms with Crippen molar-refractivity contribution in [2.45, 2.75) is 50.5 Å². The molecule has 8 nitrogen and oxygen atoms in total. The van der Waals surface area contributed by atoms with E-state index in [1.54, 1.807) is 24.3 Å². The van der Waals surface area contributed by atoms with E-state index in [4.69, 9.17) is 12.2 Å². The van der Waals surface area contributed by atoms with Gasteiger partial charge in [0, 0.05) is 39.0 Å². The number of nitrogens with zero attached hydrogens (tertiary/aromatic N) is 3. The number of sulfonamides is 1. The maximum Gasteiger partial charge on any atom is 0.243 e. The van der Waals surface area contributed by atoms with Crippen molar-refractivity contribution < 1.29 is 13.2 Å². The van der Waals surface area contributed by atoms with Gasteiger partial charge in [0.15, 0.2) is 4.77 Å². The van der Waals surface area contributed by atoms with Gasteiger partial charge in [-0.25, -0.2) is 8.42 Å². The molecule has 2 heterocycles. The first-order valence-electron chi connectivity index (χ1n) is 9.91. The summed E-state index contributed by atoms with van der Waals surface area (Å²) in [5, 5.41) is 9.83. The third-order valence-corrected chi connectivity index (χ3v) is 7.32. The van der Waals surface area contributed by atoms with Crippen LogP contribution in [0.2, 0.25) is 0 Å². The summed E-state index contributed by atoms with van der Waals surface area (Å²) in [5.74, 6) is 0.781. The fraction of sp³-hybridized carbons (Fsp3) is 0.526. The molecule has 29 heavy (non-hydrogen) atoms. The maximum absolute atomic E-state index is 12.5. The van der Waals surface area contributed by atoms with E-state index in [1.165, 1.54) is 4.31 Å². The van der Waals surface area contributed by atoms with Gasteiger partial charge in [-0.05, 0) is 56.1 Å². The molecule has 1 amide bonds. The lowest BCUT2D eigenvalue weighted by atomic mass is 10.1. The largest absolute Gasteiger partial charge is 0.356 e. The number of aryl methyl sites for hydroxylation is 1. The highest BCUT2D eigenvalue weighted by Crippen LogP contribution is 2.21. The van der Waals surface area contributed by atoms with E-state index in [-0.39, 0.29) is 5.91 Å². The van der Waals surface area contributed by atoms with Gasteiger partial charge in [0.2, 0.25) is 15.9 Å². The van der Waals surface area contributed by atoms with Crippen molar-refractivity contribution in [1.82, 2.24) is 24.4 Å². The lowest BCUT2D eigenvalue weighted by molar-refractivity contribution is -0.121. The summed E-state index contributed by atoms with van der Waals surface area (Å²) in [6.07, 6.45) is 3.34. The highest BCUT2D eigenvalue weighted by molar-refractivity contribution is 7.89. The number of aromatic nitrogens is 3. The van der Waals surface area contributed by atoms with Crippen LogP contribution in [-0.4, -0.2) is 53.0 Å². The van der Waals surface area contributed by atoms with E-state index in [0.717, 1.165) is 30.8 Å². The molecule has 0 atom stereocenters. The first-order valence-corrected chi connectivity index (χ1v) is 11.8. The Hall–Kier alpha value is -2.04. The van der Waals surface area contributed by atoms with Crippen molar-refractivity contribution in [3.8, 4) is 0 Å². The average Bonchev–Trinajstić information content (AvgIpc) is 3.37. The van der Waals surface area contributed by atoms with Gasteiger partial charge < -0.3 is 9.88 Å². The number of rotatable bonds is 9. The molecule has 10 heteroatoms. The van der Waals surface area contributed by atoms with Crippen LogP contribution in [0.5, 0.6) is 0 Å². The SMILES string of the molecule is CCn1c(CCNC(=O)CCc2ccc(S(=O)(=O)N3CCCC3)cc2)n[nH]c1=S. The molecule has 0 unspecified atom stereocenters. The minimum atomic E-state index is -3.39. The number of amides is 1. The standard InChI is InChI=1S/C19H27N5O3S2/c1-2-24-17(21-22-19(24)28)11-12-20-18(25)10-7-15-5-8-16(9-6-15)29(26,27)23-13-3-4-14-23/h5-6,8-9H,2-4,7,10-14H2,1H3,(H,20,25)(H,22,28). The molecule has 1 saturated heterocycles. The maximum atomic E-state index is 12.5. The van der Waals surface area contributed by atoms with Crippen molar-refractivity contribution in [1.29, 1.82) is 0 Å². The van der Waals surface area contributed by atoms with Gasteiger partial charge >= 0.3 is 0 Å². The number of carbonyl (C=O) groups excluding carboxylic acids is 1. The average molecular weight is 438 g/mol. The molecule has 0 spiro atoms. The van der Waals surface area contributed by atoms with Crippen LogP contribution >= 0.6 is 12.2 Å². The first kappa shape index (κ1) is 21.7. The van der Waals surface area contributed by atoms with Crippen molar-refractivity contribution >= 4 is 28.1 Å². The monoisotopic (exact) mass is 437 g/mol. The second-order valence-corrected chi connectivity index (χ2v) is 9.37. The van der Waals surface area contributed by atoms with E-state index in [0.29, 0.717) is 48.6 Å². The number of hydrogen-bond acceptors (Lipinski definition) is 5. The Morgan fingerprint density at radius 1 is 1.21 bits per heavy atom. The highest BCUT2D eigenvalue weighted by Gasteiger charge is 2.26. The summed E-state index contributed by atoms with van der Waals surface area (Å²) >= 11 is 5.15. The third kappa shape index (κ3) is 5.31. The molecule has 1 aliphatic rings. The zero-order valence-corrected chi connectivity index (χ0v) is 18.2. The number of carbonyl (C=O) groups is 1. The van der Waals surface area contributed by atoms with Gasteiger partial charge in [0.1, 0.15) is 5.82 Å². The Labute approximate surface area is 176 Å².